The minimum absolute atomic E-state index is 0.0359. The number of aliphatic hydroxyl groups excluding tert-OH is 1. The third kappa shape index (κ3) is 2.59. The highest BCUT2D eigenvalue weighted by Crippen LogP contribution is 2.20. The van der Waals surface area contributed by atoms with Crippen LogP contribution in [-0.4, -0.2) is 31.1 Å². The van der Waals surface area contributed by atoms with Gasteiger partial charge in [-0.3, -0.25) is 4.79 Å². The van der Waals surface area contributed by atoms with Crippen molar-refractivity contribution >= 4 is 12.0 Å². The van der Waals surface area contributed by atoms with Gasteiger partial charge in [0.05, 0.1) is 17.9 Å². The van der Waals surface area contributed by atoms with Crippen molar-refractivity contribution in [1.29, 1.82) is 5.26 Å². The first-order valence-electron chi connectivity index (χ1n) is 5.12. The highest BCUT2D eigenvalue weighted by Gasteiger charge is 2.09. The summed E-state index contributed by atoms with van der Waals surface area (Å²) in [4.78, 5) is 12.5. The van der Waals surface area contributed by atoms with Crippen LogP contribution < -0.4 is 4.90 Å². The Morgan fingerprint density at radius 1 is 1.56 bits per heavy atom. The molecule has 1 rings (SSSR count). The Morgan fingerprint density at radius 2 is 2.31 bits per heavy atom. The molecular formula is C12H14N2O2. The minimum Gasteiger partial charge on any atom is -0.395 e. The molecule has 84 valence electrons. The average Bonchev–Trinajstić information content (AvgIpc) is 2.35. The lowest BCUT2D eigenvalue weighted by Crippen LogP contribution is -2.26. The third-order valence-electron chi connectivity index (χ3n) is 2.37. The number of carbonyl (C=O) groups excluding carboxylic acids is 1. The van der Waals surface area contributed by atoms with Gasteiger partial charge in [-0.05, 0) is 25.1 Å². The van der Waals surface area contributed by atoms with Gasteiger partial charge in [0.1, 0.15) is 12.4 Å². The first-order valence-corrected chi connectivity index (χ1v) is 5.12. The second kappa shape index (κ2) is 5.89. The highest BCUT2D eigenvalue weighted by atomic mass is 16.3. The summed E-state index contributed by atoms with van der Waals surface area (Å²) >= 11 is 0. The molecule has 0 aromatic heterocycles. The minimum atomic E-state index is 0.0359. The van der Waals surface area contributed by atoms with Gasteiger partial charge in [0, 0.05) is 18.7 Å². The van der Waals surface area contributed by atoms with E-state index in [1.54, 1.807) is 18.2 Å². The molecule has 0 aliphatic rings. The van der Waals surface area contributed by atoms with E-state index in [1.165, 1.54) is 0 Å². The predicted octanol–water partition coefficient (Wildman–Crippen LogP) is 1.19. The molecule has 0 bridgehead atoms. The van der Waals surface area contributed by atoms with Crippen molar-refractivity contribution in [2.45, 2.75) is 6.92 Å². The molecule has 1 aromatic rings. The van der Waals surface area contributed by atoms with Crippen LogP contribution in [0, 0.1) is 11.3 Å². The molecule has 0 atom stereocenters. The first-order chi connectivity index (χ1) is 7.76. The smallest absolute Gasteiger partial charge is 0.150 e. The molecule has 0 spiro atoms. The summed E-state index contributed by atoms with van der Waals surface area (Å²) in [7, 11) is 0. The zero-order chi connectivity index (χ0) is 12.0. The topological polar surface area (TPSA) is 64.3 Å². The van der Waals surface area contributed by atoms with Crippen LogP contribution >= 0.6 is 0 Å². The van der Waals surface area contributed by atoms with Gasteiger partial charge in [0.25, 0.3) is 0 Å². The molecule has 0 saturated heterocycles. The molecule has 16 heavy (non-hydrogen) atoms. The van der Waals surface area contributed by atoms with Gasteiger partial charge < -0.3 is 10.0 Å². The van der Waals surface area contributed by atoms with Crippen LogP contribution in [-0.2, 0) is 0 Å². The zero-order valence-electron chi connectivity index (χ0n) is 9.18. The van der Waals surface area contributed by atoms with E-state index in [0.717, 1.165) is 5.69 Å². The fourth-order valence-corrected chi connectivity index (χ4v) is 1.56. The number of benzene rings is 1. The molecule has 0 aliphatic heterocycles. The van der Waals surface area contributed by atoms with Crippen molar-refractivity contribution in [3.8, 4) is 6.07 Å². The molecule has 0 heterocycles. The molecule has 0 saturated carbocycles. The van der Waals surface area contributed by atoms with Crippen molar-refractivity contribution < 1.29 is 9.90 Å². The molecule has 0 amide bonds. The van der Waals surface area contributed by atoms with Gasteiger partial charge in [-0.2, -0.15) is 5.26 Å². The lowest BCUT2D eigenvalue weighted by molar-refractivity contribution is 0.112. The van der Waals surface area contributed by atoms with Gasteiger partial charge in [0.15, 0.2) is 0 Å². The van der Waals surface area contributed by atoms with Gasteiger partial charge >= 0.3 is 0 Å². The Bertz CT molecular complexity index is 410. The second-order valence-electron chi connectivity index (χ2n) is 3.31. The number of rotatable bonds is 5. The number of aldehydes is 1. The quantitative estimate of drug-likeness (QED) is 0.754. The number of aliphatic hydroxyl groups is 1. The van der Waals surface area contributed by atoms with Gasteiger partial charge in [-0.1, -0.05) is 0 Å². The summed E-state index contributed by atoms with van der Waals surface area (Å²) < 4.78 is 0. The monoisotopic (exact) mass is 218 g/mol. The first kappa shape index (κ1) is 12.2. The Morgan fingerprint density at radius 3 is 2.81 bits per heavy atom. The molecule has 4 heteroatoms. The largest absolute Gasteiger partial charge is 0.395 e. The van der Waals surface area contributed by atoms with E-state index >= 15 is 0 Å². The normalized spacial score (nSPS) is 9.56. The maximum Gasteiger partial charge on any atom is 0.150 e. The van der Waals surface area contributed by atoms with Crippen LogP contribution in [0.3, 0.4) is 0 Å². The molecule has 0 radical (unpaired) electrons. The van der Waals surface area contributed by atoms with Crippen molar-refractivity contribution in [2.24, 2.45) is 0 Å². The summed E-state index contributed by atoms with van der Waals surface area (Å²) in [6.45, 7) is 3.17. The average molecular weight is 218 g/mol. The van der Waals surface area contributed by atoms with Crippen LogP contribution in [0.15, 0.2) is 18.2 Å². The van der Waals surface area contributed by atoms with Crippen LogP contribution in [0.5, 0.6) is 0 Å². The van der Waals surface area contributed by atoms with Crippen LogP contribution in [0.1, 0.15) is 22.8 Å². The van der Waals surface area contributed by atoms with E-state index in [0.29, 0.717) is 30.5 Å². The Balaban J connectivity index is 3.12. The number of nitriles is 1. The van der Waals surface area contributed by atoms with Crippen molar-refractivity contribution in [2.75, 3.05) is 24.6 Å². The molecule has 1 N–H and O–H groups in total. The molecular weight excluding hydrogens is 204 g/mol. The molecule has 4 nitrogen and oxygen atoms in total. The van der Waals surface area contributed by atoms with Gasteiger partial charge in [0.2, 0.25) is 0 Å². The maximum atomic E-state index is 10.6. The lowest BCUT2D eigenvalue weighted by atomic mass is 10.1. The van der Waals surface area contributed by atoms with E-state index in [9.17, 15) is 4.79 Å². The maximum absolute atomic E-state index is 10.6. The van der Waals surface area contributed by atoms with Crippen molar-refractivity contribution in [3.63, 3.8) is 0 Å². The molecule has 1 aromatic carbocycles. The Labute approximate surface area is 94.7 Å². The fourth-order valence-electron chi connectivity index (χ4n) is 1.56. The van der Waals surface area contributed by atoms with E-state index < -0.39 is 0 Å². The Kier molecular flexibility index (Phi) is 4.49. The standard InChI is InChI=1S/C12H14N2O2/c1-2-14(5-6-15)12-4-3-10(9-16)7-11(12)8-13/h3-4,7,9,15H,2,5-6H2,1H3. The van der Waals surface area contributed by atoms with Crippen LogP contribution in [0.25, 0.3) is 0 Å². The predicted molar refractivity (Wildman–Crippen MR) is 61.5 cm³/mol. The van der Waals surface area contributed by atoms with E-state index in [1.807, 2.05) is 11.8 Å². The number of likely N-dealkylation sites (N-methyl/N-ethyl adjacent to an activating group) is 1. The third-order valence-corrected chi connectivity index (χ3v) is 2.37. The summed E-state index contributed by atoms with van der Waals surface area (Å²) in [6.07, 6.45) is 0.715. The number of anilines is 1. The molecule has 0 fully saturated rings. The number of hydrogen-bond acceptors (Lipinski definition) is 4. The summed E-state index contributed by atoms with van der Waals surface area (Å²) in [5.74, 6) is 0. The lowest BCUT2D eigenvalue weighted by Gasteiger charge is -2.23. The number of nitrogens with zero attached hydrogens (tertiary/aromatic N) is 2. The second-order valence-corrected chi connectivity index (χ2v) is 3.31. The summed E-state index contributed by atoms with van der Waals surface area (Å²) in [5, 5.41) is 17.9. The molecule has 0 aliphatic carbocycles. The number of hydrogen-bond donors (Lipinski definition) is 1. The van der Waals surface area contributed by atoms with Crippen molar-refractivity contribution in [3.05, 3.63) is 29.3 Å². The Hall–Kier alpha value is -1.86. The van der Waals surface area contributed by atoms with E-state index in [4.69, 9.17) is 10.4 Å². The van der Waals surface area contributed by atoms with Crippen molar-refractivity contribution in [1.82, 2.24) is 0 Å². The van der Waals surface area contributed by atoms with E-state index in [2.05, 4.69) is 6.07 Å². The molecule has 0 unspecified atom stereocenters. The highest BCUT2D eigenvalue weighted by molar-refractivity contribution is 5.78. The summed E-state index contributed by atoms with van der Waals surface area (Å²) in [6, 6.07) is 7.03. The zero-order valence-corrected chi connectivity index (χ0v) is 9.18. The van der Waals surface area contributed by atoms with Crippen LogP contribution in [0.4, 0.5) is 5.69 Å². The van der Waals surface area contributed by atoms with Gasteiger partial charge in [-0.15, -0.1) is 0 Å². The van der Waals surface area contributed by atoms with Crippen LogP contribution in [0.2, 0.25) is 0 Å². The fraction of sp³-hybridized carbons (Fsp3) is 0.333. The SMILES string of the molecule is CCN(CCO)c1ccc(C=O)cc1C#N. The number of carbonyl (C=O) groups is 1. The summed E-state index contributed by atoms with van der Waals surface area (Å²) in [5.41, 5.74) is 1.70. The van der Waals surface area contributed by atoms with Gasteiger partial charge in [-0.25, -0.2) is 0 Å². The van der Waals surface area contributed by atoms with E-state index in [-0.39, 0.29) is 6.61 Å².